The summed E-state index contributed by atoms with van der Waals surface area (Å²) >= 11 is 1.61. The Bertz CT molecular complexity index is 1120. The first kappa shape index (κ1) is 21.2. The van der Waals surface area contributed by atoms with E-state index in [0.29, 0.717) is 21.5 Å². The fraction of sp³-hybridized carbons (Fsp3) is 0.235. The van der Waals surface area contributed by atoms with Crippen LogP contribution in [0.3, 0.4) is 0 Å². The number of carbonyl (C=O) groups excluding carboxylic acids is 1. The predicted octanol–water partition coefficient (Wildman–Crippen LogP) is 4.10. The lowest BCUT2D eigenvalue weighted by atomic mass is 10.2. The summed E-state index contributed by atoms with van der Waals surface area (Å²) in [6.45, 7) is 1.12. The molecule has 0 saturated carbocycles. The van der Waals surface area contributed by atoms with Crippen LogP contribution in [0.5, 0.6) is 0 Å². The van der Waals surface area contributed by atoms with E-state index in [1.165, 1.54) is 0 Å². The van der Waals surface area contributed by atoms with Gasteiger partial charge in [-0.3, -0.25) is 9.59 Å². The normalized spacial score (nSPS) is 11.8. The van der Waals surface area contributed by atoms with Crippen molar-refractivity contribution >= 4 is 34.0 Å². The Labute approximate surface area is 168 Å². The number of thioether (sulfide) groups is 1. The molecule has 1 aromatic carbocycles. The van der Waals surface area contributed by atoms with E-state index in [4.69, 9.17) is 0 Å². The first-order valence-corrected chi connectivity index (χ1v) is 9.97. The zero-order valence-electron chi connectivity index (χ0n) is 14.6. The number of hydrogen-bond donors (Lipinski definition) is 1. The molecule has 0 atom stereocenters. The second kappa shape index (κ2) is 8.11. The van der Waals surface area contributed by atoms with Gasteiger partial charge >= 0.3 is 6.18 Å². The summed E-state index contributed by atoms with van der Waals surface area (Å²) in [4.78, 5) is 29.1. The van der Waals surface area contributed by atoms with Crippen LogP contribution >= 0.6 is 23.1 Å². The van der Waals surface area contributed by atoms with E-state index in [-0.39, 0.29) is 9.99 Å². The quantitative estimate of drug-likeness (QED) is 0.362. The van der Waals surface area contributed by atoms with E-state index in [0.717, 1.165) is 35.3 Å². The molecule has 0 aliphatic heterocycles. The van der Waals surface area contributed by atoms with E-state index in [9.17, 15) is 31.5 Å². The van der Waals surface area contributed by atoms with Gasteiger partial charge in [-0.05, 0) is 17.9 Å². The van der Waals surface area contributed by atoms with Gasteiger partial charge in [-0.25, -0.2) is 18.2 Å². The van der Waals surface area contributed by atoms with Gasteiger partial charge in [0.05, 0.1) is 0 Å². The molecule has 0 bridgehead atoms. The molecule has 0 aliphatic rings. The van der Waals surface area contributed by atoms with Crippen LogP contribution in [0.4, 0.5) is 22.0 Å². The molecule has 0 radical (unpaired) electrons. The Morgan fingerprint density at radius 1 is 1.28 bits per heavy atom. The predicted molar refractivity (Wildman–Crippen MR) is 98.3 cm³/mol. The number of carbonyl (C=O) groups is 1. The summed E-state index contributed by atoms with van der Waals surface area (Å²) in [7, 11) is 0. The number of halogens is 5. The molecule has 0 fully saturated rings. The molecule has 0 aliphatic carbocycles. The highest BCUT2D eigenvalue weighted by Gasteiger charge is 2.36. The van der Waals surface area contributed by atoms with Crippen LogP contribution in [-0.4, -0.2) is 21.0 Å². The van der Waals surface area contributed by atoms with Crippen LogP contribution in [-0.2, 0) is 12.7 Å². The van der Waals surface area contributed by atoms with Gasteiger partial charge in [0, 0.05) is 17.5 Å². The lowest BCUT2D eigenvalue weighted by Crippen LogP contribution is -2.34. The van der Waals surface area contributed by atoms with Crippen LogP contribution in [0.15, 0.2) is 33.4 Å². The number of nitrogens with one attached hydrogen (secondary N) is 1. The van der Waals surface area contributed by atoms with Gasteiger partial charge in [-0.1, -0.05) is 13.0 Å². The van der Waals surface area contributed by atoms with Crippen molar-refractivity contribution < 1.29 is 26.7 Å². The molecular weight excluding hydrogens is 437 g/mol. The molecule has 3 aromatic rings. The maximum Gasteiger partial charge on any atom is 0.432 e. The number of nitrogens with zero attached hydrogens (tertiary/aromatic N) is 2. The lowest BCUT2D eigenvalue weighted by molar-refractivity contribution is -0.141. The number of aromatic nitrogens is 2. The summed E-state index contributed by atoms with van der Waals surface area (Å²) in [6, 6.07) is 3.13. The average molecular weight is 449 g/mol. The Morgan fingerprint density at radius 2 is 1.93 bits per heavy atom. The Balaban J connectivity index is 2.06. The number of benzene rings is 1. The number of rotatable bonds is 5. The Hall–Kier alpha value is -2.47. The van der Waals surface area contributed by atoms with E-state index in [1.807, 2.05) is 0 Å². The van der Waals surface area contributed by atoms with Crippen molar-refractivity contribution in [3.05, 3.63) is 62.4 Å². The maximum absolute atomic E-state index is 13.7. The standard InChI is InChI=1S/C17H12F5N3O2S2/c1-2-28-14-12(13(26)23-6-8-9(18)4-3-5-10(8)19)15(27)25-11(17(20,21)22)7-29-16(25)24-14/h3-5,7H,2,6H2,1H3,(H,23,26). The van der Waals surface area contributed by atoms with E-state index in [2.05, 4.69) is 10.3 Å². The van der Waals surface area contributed by atoms with Crippen molar-refractivity contribution in [3.8, 4) is 0 Å². The van der Waals surface area contributed by atoms with Crippen molar-refractivity contribution in [2.75, 3.05) is 5.75 Å². The van der Waals surface area contributed by atoms with Crippen molar-refractivity contribution in [1.29, 1.82) is 0 Å². The summed E-state index contributed by atoms with van der Waals surface area (Å²) in [5.74, 6) is -2.50. The molecule has 2 aromatic heterocycles. The minimum Gasteiger partial charge on any atom is -0.347 e. The third kappa shape index (κ3) is 4.13. The van der Waals surface area contributed by atoms with Gasteiger partial charge < -0.3 is 5.32 Å². The van der Waals surface area contributed by atoms with Gasteiger partial charge in [-0.2, -0.15) is 13.2 Å². The number of thiazole rings is 1. The summed E-state index contributed by atoms with van der Waals surface area (Å²) in [5, 5.41) is 2.87. The van der Waals surface area contributed by atoms with Gasteiger partial charge in [0.2, 0.25) is 0 Å². The number of alkyl halides is 3. The summed E-state index contributed by atoms with van der Waals surface area (Å²) in [5.41, 5.74) is -3.51. The van der Waals surface area contributed by atoms with E-state index >= 15 is 0 Å². The van der Waals surface area contributed by atoms with Gasteiger partial charge in [0.1, 0.15) is 27.9 Å². The van der Waals surface area contributed by atoms with E-state index < -0.39 is 52.6 Å². The highest BCUT2D eigenvalue weighted by molar-refractivity contribution is 7.99. The van der Waals surface area contributed by atoms with Crippen LogP contribution in [0.1, 0.15) is 28.5 Å². The molecule has 12 heteroatoms. The monoisotopic (exact) mass is 449 g/mol. The minimum absolute atomic E-state index is 0.0559. The van der Waals surface area contributed by atoms with Crippen molar-refractivity contribution in [1.82, 2.24) is 14.7 Å². The second-order valence-electron chi connectivity index (χ2n) is 5.65. The summed E-state index contributed by atoms with van der Waals surface area (Å²) < 4.78 is 67.4. The second-order valence-corrected chi connectivity index (χ2v) is 7.74. The van der Waals surface area contributed by atoms with Crippen LogP contribution in [0, 0.1) is 11.6 Å². The Morgan fingerprint density at radius 3 is 2.52 bits per heavy atom. The maximum atomic E-state index is 13.7. The number of hydrogen-bond acceptors (Lipinski definition) is 5. The molecule has 2 heterocycles. The molecule has 3 rings (SSSR count). The van der Waals surface area contributed by atoms with E-state index in [1.54, 1.807) is 6.92 Å². The fourth-order valence-corrected chi connectivity index (χ4v) is 4.22. The highest BCUT2D eigenvalue weighted by Crippen LogP contribution is 2.32. The Kier molecular flexibility index (Phi) is 5.94. The highest BCUT2D eigenvalue weighted by atomic mass is 32.2. The molecule has 1 N–H and O–H groups in total. The van der Waals surface area contributed by atoms with Crippen molar-refractivity contribution in [2.45, 2.75) is 24.7 Å². The van der Waals surface area contributed by atoms with Gasteiger partial charge in [0.15, 0.2) is 4.96 Å². The van der Waals surface area contributed by atoms with Crippen LogP contribution in [0.2, 0.25) is 0 Å². The molecule has 154 valence electrons. The number of amides is 1. The summed E-state index contributed by atoms with van der Waals surface area (Å²) in [6.07, 6.45) is -4.83. The van der Waals surface area contributed by atoms with Gasteiger partial charge in [0.25, 0.3) is 11.5 Å². The molecule has 29 heavy (non-hydrogen) atoms. The minimum atomic E-state index is -4.83. The molecular formula is C17H12F5N3O2S2. The lowest BCUT2D eigenvalue weighted by Gasteiger charge is -2.11. The third-order valence-corrected chi connectivity index (χ3v) is 5.51. The van der Waals surface area contributed by atoms with Gasteiger partial charge in [-0.15, -0.1) is 23.1 Å². The zero-order valence-corrected chi connectivity index (χ0v) is 16.3. The van der Waals surface area contributed by atoms with Crippen LogP contribution < -0.4 is 10.9 Å². The smallest absolute Gasteiger partial charge is 0.347 e. The van der Waals surface area contributed by atoms with Crippen molar-refractivity contribution in [3.63, 3.8) is 0 Å². The number of fused-ring (bicyclic) bond motifs is 1. The molecule has 5 nitrogen and oxygen atoms in total. The van der Waals surface area contributed by atoms with Crippen LogP contribution in [0.25, 0.3) is 4.96 Å². The SMILES string of the molecule is CCSc1nc2scc(C(F)(F)F)n2c(=O)c1C(=O)NCc1c(F)cccc1F. The third-order valence-electron chi connectivity index (χ3n) is 3.82. The first-order valence-electron chi connectivity index (χ1n) is 8.10. The molecule has 0 unspecified atom stereocenters. The average Bonchev–Trinajstić information content (AvgIpc) is 3.06. The molecule has 0 saturated heterocycles. The van der Waals surface area contributed by atoms with Crippen molar-refractivity contribution in [2.24, 2.45) is 0 Å². The topological polar surface area (TPSA) is 63.5 Å². The zero-order chi connectivity index (χ0) is 21.3. The fourth-order valence-electron chi connectivity index (χ4n) is 2.52. The first-order chi connectivity index (χ1) is 13.6. The molecule has 0 spiro atoms. The largest absolute Gasteiger partial charge is 0.432 e. The molecule has 1 amide bonds.